The standard InChI is InChI=1S/C10H18O4/c1-5-8(4)10(12)13-6-9(11)14-7(2)3/h7-8H,5-6H2,1-4H3. The molecule has 0 aliphatic carbocycles. The normalized spacial score (nSPS) is 12.4. The first-order chi connectivity index (χ1) is 6.47. The molecule has 0 amide bonds. The fraction of sp³-hybridized carbons (Fsp3) is 0.800. The summed E-state index contributed by atoms with van der Waals surface area (Å²) in [6, 6.07) is 0. The van der Waals surface area contributed by atoms with Crippen molar-refractivity contribution in [1.82, 2.24) is 0 Å². The summed E-state index contributed by atoms with van der Waals surface area (Å²) in [5, 5.41) is 0. The zero-order valence-corrected chi connectivity index (χ0v) is 9.20. The summed E-state index contributed by atoms with van der Waals surface area (Å²) < 4.78 is 9.54. The van der Waals surface area contributed by atoms with E-state index in [0.717, 1.165) is 0 Å². The molecule has 0 bridgehead atoms. The van der Waals surface area contributed by atoms with Crippen molar-refractivity contribution < 1.29 is 19.1 Å². The molecule has 82 valence electrons. The van der Waals surface area contributed by atoms with Gasteiger partial charge >= 0.3 is 11.9 Å². The highest BCUT2D eigenvalue weighted by Crippen LogP contribution is 2.03. The molecule has 0 aliphatic heterocycles. The van der Waals surface area contributed by atoms with E-state index in [0.29, 0.717) is 6.42 Å². The minimum absolute atomic E-state index is 0.165. The zero-order chi connectivity index (χ0) is 11.1. The van der Waals surface area contributed by atoms with Crippen molar-refractivity contribution in [3.8, 4) is 0 Å². The number of ether oxygens (including phenoxy) is 2. The third-order valence-electron chi connectivity index (χ3n) is 1.71. The number of hydrogen-bond donors (Lipinski definition) is 0. The number of carbonyl (C=O) groups is 2. The summed E-state index contributed by atoms with van der Waals surface area (Å²) >= 11 is 0. The van der Waals surface area contributed by atoms with Gasteiger partial charge in [0.25, 0.3) is 0 Å². The first kappa shape index (κ1) is 12.9. The van der Waals surface area contributed by atoms with E-state index < -0.39 is 5.97 Å². The second-order valence-electron chi connectivity index (χ2n) is 3.46. The fourth-order valence-electron chi connectivity index (χ4n) is 0.736. The van der Waals surface area contributed by atoms with Crippen LogP contribution in [0, 0.1) is 5.92 Å². The average Bonchev–Trinajstić information content (AvgIpc) is 2.11. The summed E-state index contributed by atoms with van der Waals surface area (Å²) in [5.74, 6) is -1.02. The van der Waals surface area contributed by atoms with E-state index in [9.17, 15) is 9.59 Å². The summed E-state index contributed by atoms with van der Waals surface area (Å²) in [6.45, 7) is 6.85. The third kappa shape index (κ3) is 5.56. The van der Waals surface area contributed by atoms with Crippen molar-refractivity contribution in [3.05, 3.63) is 0 Å². The van der Waals surface area contributed by atoms with Crippen LogP contribution >= 0.6 is 0 Å². The van der Waals surface area contributed by atoms with Crippen molar-refractivity contribution in [2.45, 2.75) is 40.2 Å². The summed E-state index contributed by atoms with van der Waals surface area (Å²) in [7, 11) is 0. The van der Waals surface area contributed by atoms with E-state index in [1.165, 1.54) is 0 Å². The van der Waals surface area contributed by atoms with Crippen LogP contribution in [0.2, 0.25) is 0 Å². The molecule has 0 fully saturated rings. The van der Waals surface area contributed by atoms with Gasteiger partial charge < -0.3 is 9.47 Å². The van der Waals surface area contributed by atoms with Crippen LogP contribution in [0.25, 0.3) is 0 Å². The number of rotatable bonds is 5. The van der Waals surface area contributed by atoms with E-state index in [1.807, 2.05) is 6.92 Å². The van der Waals surface area contributed by atoms with Gasteiger partial charge in [0.15, 0.2) is 6.61 Å². The maximum absolute atomic E-state index is 11.1. The highest BCUT2D eigenvalue weighted by atomic mass is 16.6. The molecule has 4 nitrogen and oxygen atoms in total. The zero-order valence-electron chi connectivity index (χ0n) is 9.20. The molecule has 14 heavy (non-hydrogen) atoms. The van der Waals surface area contributed by atoms with Gasteiger partial charge in [0.05, 0.1) is 12.0 Å². The van der Waals surface area contributed by atoms with E-state index in [-0.39, 0.29) is 24.6 Å². The molecular weight excluding hydrogens is 184 g/mol. The lowest BCUT2D eigenvalue weighted by Gasteiger charge is -2.10. The van der Waals surface area contributed by atoms with E-state index in [1.54, 1.807) is 20.8 Å². The molecule has 0 radical (unpaired) electrons. The van der Waals surface area contributed by atoms with Crippen molar-refractivity contribution >= 4 is 11.9 Å². The predicted octanol–water partition coefficient (Wildman–Crippen LogP) is 1.53. The molecule has 0 saturated carbocycles. The Hall–Kier alpha value is -1.06. The Morgan fingerprint density at radius 1 is 1.21 bits per heavy atom. The van der Waals surface area contributed by atoms with Crippen LogP contribution in [-0.4, -0.2) is 24.6 Å². The molecule has 0 aromatic carbocycles. The van der Waals surface area contributed by atoms with Crippen LogP contribution in [0.5, 0.6) is 0 Å². The maximum Gasteiger partial charge on any atom is 0.344 e. The van der Waals surface area contributed by atoms with Gasteiger partial charge in [0.2, 0.25) is 0 Å². The van der Waals surface area contributed by atoms with Crippen LogP contribution in [0.15, 0.2) is 0 Å². The van der Waals surface area contributed by atoms with Crippen molar-refractivity contribution in [3.63, 3.8) is 0 Å². The highest BCUT2D eigenvalue weighted by molar-refractivity contribution is 5.77. The van der Waals surface area contributed by atoms with Crippen LogP contribution < -0.4 is 0 Å². The van der Waals surface area contributed by atoms with Crippen LogP contribution in [0.1, 0.15) is 34.1 Å². The smallest absolute Gasteiger partial charge is 0.344 e. The SMILES string of the molecule is CCC(C)C(=O)OCC(=O)OC(C)C. The van der Waals surface area contributed by atoms with Gasteiger partial charge in [-0.1, -0.05) is 13.8 Å². The molecule has 4 heteroatoms. The van der Waals surface area contributed by atoms with Gasteiger partial charge in [-0.15, -0.1) is 0 Å². The van der Waals surface area contributed by atoms with Crippen LogP contribution in [-0.2, 0) is 19.1 Å². The average molecular weight is 202 g/mol. The van der Waals surface area contributed by atoms with Crippen LogP contribution in [0.3, 0.4) is 0 Å². The number of hydrogen-bond acceptors (Lipinski definition) is 4. The Labute approximate surface area is 84.6 Å². The third-order valence-corrected chi connectivity index (χ3v) is 1.71. The van der Waals surface area contributed by atoms with Gasteiger partial charge in [-0.2, -0.15) is 0 Å². The van der Waals surface area contributed by atoms with Crippen molar-refractivity contribution in [1.29, 1.82) is 0 Å². The Balaban J connectivity index is 3.72. The Bertz CT molecular complexity index is 198. The molecule has 1 atom stereocenters. The largest absolute Gasteiger partial charge is 0.460 e. The Morgan fingerprint density at radius 2 is 1.79 bits per heavy atom. The van der Waals surface area contributed by atoms with Gasteiger partial charge in [0, 0.05) is 0 Å². The predicted molar refractivity (Wildman–Crippen MR) is 51.6 cm³/mol. The fourth-order valence-corrected chi connectivity index (χ4v) is 0.736. The van der Waals surface area contributed by atoms with E-state index in [2.05, 4.69) is 0 Å². The second-order valence-corrected chi connectivity index (χ2v) is 3.46. The summed E-state index contributed by atoms with van der Waals surface area (Å²) in [6.07, 6.45) is 0.530. The number of esters is 2. The molecular formula is C10H18O4. The van der Waals surface area contributed by atoms with Gasteiger partial charge in [-0.3, -0.25) is 4.79 Å². The van der Waals surface area contributed by atoms with E-state index >= 15 is 0 Å². The minimum Gasteiger partial charge on any atom is -0.460 e. The topological polar surface area (TPSA) is 52.6 Å². The van der Waals surface area contributed by atoms with Gasteiger partial charge in [-0.05, 0) is 20.3 Å². The molecule has 0 heterocycles. The Kier molecular flexibility index (Phi) is 5.92. The first-order valence-electron chi connectivity index (χ1n) is 4.83. The molecule has 0 spiro atoms. The quantitative estimate of drug-likeness (QED) is 0.634. The number of carbonyl (C=O) groups excluding carboxylic acids is 2. The maximum atomic E-state index is 11.1. The summed E-state index contributed by atoms with van der Waals surface area (Å²) in [5.41, 5.74) is 0. The molecule has 0 aliphatic rings. The molecule has 1 unspecified atom stereocenters. The summed E-state index contributed by atoms with van der Waals surface area (Å²) in [4.78, 5) is 22.1. The molecule has 0 aromatic rings. The minimum atomic E-state index is -0.503. The molecule has 0 rings (SSSR count). The van der Waals surface area contributed by atoms with Crippen molar-refractivity contribution in [2.75, 3.05) is 6.61 Å². The van der Waals surface area contributed by atoms with Gasteiger partial charge in [-0.25, -0.2) is 4.79 Å². The Morgan fingerprint density at radius 3 is 2.21 bits per heavy atom. The molecule has 0 N–H and O–H groups in total. The highest BCUT2D eigenvalue weighted by Gasteiger charge is 2.14. The van der Waals surface area contributed by atoms with Gasteiger partial charge in [0.1, 0.15) is 0 Å². The first-order valence-corrected chi connectivity index (χ1v) is 4.83. The lowest BCUT2D eigenvalue weighted by molar-refractivity contribution is -0.163. The lowest BCUT2D eigenvalue weighted by atomic mass is 10.1. The van der Waals surface area contributed by atoms with E-state index in [4.69, 9.17) is 9.47 Å². The molecule has 0 aromatic heterocycles. The van der Waals surface area contributed by atoms with Crippen LogP contribution in [0.4, 0.5) is 0 Å². The second kappa shape index (κ2) is 6.40. The molecule has 0 saturated heterocycles. The monoisotopic (exact) mass is 202 g/mol. The lowest BCUT2D eigenvalue weighted by Crippen LogP contribution is -2.22. The van der Waals surface area contributed by atoms with Crippen molar-refractivity contribution in [2.24, 2.45) is 5.92 Å².